The number of nitro benzene ring substituents is 1. The van der Waals surface area contributed by atoms with Crippen molar-refractivity contribution in [1.82, 2.24) is 0 Å². The number of non-ortho nitro benzene ring substituents is 1. The smallest absolute Gasteiger partial charge is 0.339 e. The predicted octanol–water partition coefficient (Wildman–Crippen LogP) is 1.22. The third kappa shape index (κ3) is 3.86. The second-order valence-corrected chi connectivity index (χ2v) is 2.84. The van der Waals surface area contributed by atoms with Gasteiger partial charge in [0.2, 0.25) is 0 Å². The van der Waals surface area contributed by atoms with E-state index in [0.717, 1.165) is 25.1 Å². The Morgan fingerprint density at radius 3 is 2.41 bits per heavy atom. The molecule has 1 radical (unpaired) electrons. The van der Waals surface area contributed by atoms with Gasteiger partial charge in [-0.1, -0.05) is 0 Å². The molecule has 0 fully saturated rings. The van der Waals surface area contributed by atoms with Crippen molar-refractivity contribution < 1.29 is 41.4 Å². The Hall–Kier alpha value is -1.92. The number of aromatic carboxylic acids is 1. The molecule has 0 bridgehead atoms. The minimum Gasteiger partial charge on any atom is -0.478 e. The summed E-state index contributed by atoms with van der Waals surface area (Å²) in [6.45, 7) is 1.10. The van der Waals surface area contributed by atoms with Crippen LogP contribution in [0.3, 0.4) is 0 Å². The number of carbonyl (C=O) groups excluding carboxylic acids is 1. The first kappa shape index (κ1) is 15.1. The van der Waals surface area contributed by atoms with E-state index in [1.807, 2.05) is 0 Å². The zero-order chi connectivity index (χ0) is 12.3. The number of benzene rings is 1. The summed E-state index contributed by atoms with van der Waals surface area (Å²) in [5, 5.41) is 19.2. The van der Waals surface area contributed by atoms with Gasteiger partial charge in [0.25, 0.3) is 5.69 Å². The van der Waals surface area contributed by atoms with Crippen LogP contribution in [0.15, 0.2) is 18.2 Å². The molecule has 1 N–H and O–H groups in total. The van der Waals surface area contributed by atoms with E-state index in [2.05, 4.69) is 4.74 Å². The summed E-state index contributed by atoms with van der Waals surface area (Å²) in [6, 6.07) is 2.97. The van der Waals surface area contributed by atoms with Gasteiger partial charge in [0.05, 0.1) is 4.92 Å². The first-order chi connectivity index (χ1) is 7.41. The Morgan fingerprint density at radius 2 is 2.00 bits per heavy atom. The fourth-order valence-electron chi connectivity index (χ4n) is 1.04. The molecule has 0 saturated heterocycles. The van der Waals surface area contributed by atoms with Crippen molar-refractivity contribution in [1.29, 1.82) is 0 Å². The molecule has 0 amide bonds. The summed E-state index contributed by atoms with van der Waals surface area (Å²) in [5.74, 6) is -2.32. The zero-order valence-electron chi connectivity index (χ0n) is 8.47. The molecule has 1 aromatic carbocycles. The Balaban J connectivity index is 0.00000256. The van der Waals surface area contributed by atoms with Gasteiger partial charge in [-0.3, -0.25) is 14.9 Å². The first-order valence-electron chi connectivity index (χ1n) is 4.12. The van der Waals surface area contributed by atoms with Gasteiger partial charge < -0.3 is 9.84 Å². The van der Waals surface area contributed by atoms with Gasteiger partial charge in [0.15, 0.2) is 0 Å². The summed E-state index contributed by atoms with van der Waals surface area (Å²) in [4.78, 5) is 31.1. The SMILES string of the molecule is CC(=O)Oc1ccc([N+](=O)[O-])cc1C(=O)O.[Cu]. The van der Waals surface area contributed by atoms with Crippen molar-refractivity contribution >= 4 is 17.6 Å². The van der Waals surface area contributed by atoms with Gasteiger partial charge in [0, 0.05) is 36.1 Å². The van der Waals surface area contributed by atoms with Crippen LogP contribution in [0.25, 0.3) is 0 Å². The van der Waals surface area contributed by atoms with Crippen molar-refractivity contribution in [2.24, 2.45) is 0 Å². The fourth-order valence-corrected chi connectivity index (χ4v) is 1.04. The summed E-state index contributed by atoms with van der Waals surface area (Å²) < 4.78 is 4.60. The number of carboxylic acids is 1. The largest absolute Gasteiger partial charge is 0.478 e. The molecule has 17 heavy (non-hydrogen) atoms. The second kappa shape index (κ2) is 5.97. The maximum atomic E-state index is 10.8. The van der Waals surface area contributed by atoms with Crippen molar-refractivity contribution in [3.63, 3.8) is 0 Å². The van der Waals surface area contributed by atoms with Crippen molar-refractivity contribution in [2.75, 3.05) is 0 Å². The number of nitro groups is 1. The standard InChI is InChI=1S/C9H7NO6.Cu/c1-5(11)16-8-3-2-6(10(14)15)4-7(8)9(12)13;/h2-4H,1H3,(H,12,13);. The Kier molecular flexibility index (Phi) is 5.30. The van der Waals surface area contributed by atoms with Crippen molar-refractivity contribution in [2.45, 2.75) is 6.92 Å². The number of ether oxygens (including phenoxy) is 1. The molecule has 1 aromatic rings. The average molecular weight is 289 g/mol. The van der Waals surface area contributed by atoms with Crippen LogP contribution in [-0.2, 0) is 21.9 Å². The molecule has 0 aliphatic carbocycles. The summed E-state index contributed by atoms with van der Waals surface area (Å²) in [5.41, 5.74) is -0.808. The van der Waals surface area contributed by atoms with E-state index in [0.29, 0.717) is 0 Å². The molecule has 0 aromatic heterocycles. The topological polar surface area (TPSA) is 107 Å². The zero-order valence-corrected chi connectivity index (χ0v) is 9.41. The second-order valence-electron chi connectivity index (χ2n) is 2.84. The quantitative estimate of drug-likeness (QED) is 0.294. The molecular weight excluding hydrogens is 282 g/mol. The monoisotopic (exact) mass is 288 g/mol. The third-order valence-corrected chi connectivity index (χ3v) is 1.66. The Bertz CT molecular complexity index is 473. The minimum atomic E-state index is -1.40. The van der Waals surface area contributed by atoms with E-state index in [1.165, 1.54) is 0 Å². The van der Waals surface area contributed by atoms with Crippen LogP contribution in [0.4, 0.5) is 5.69 Å². The van der Waals surface area contributed by atoms with Crippen LogP contribution in [0.1, 0.15) is 17.3 Å². The maximum Gasteiger partial charge on any atom is 0.339 e. The first-order valence-corrected chi connectivity index (χ1v) is 4.12. The molecule has 0 aliphatic rings. The maximum absolute atomic E-state index is 10.8. The number of hydrogen-bond acceptors (Lipinski definition) is 5. The van der Waals surface area contributed by atoms with Crippen LogP contribution in [-0.4, -0.2) is 22.0 Å². The van der Waals surface area contributed by atoms with Gasteiger partial charge in [0.1, 0.15) is 11.3 Å². The molecule has 0 heterocycles. The van der Waals surface area contributed by atoms with E-state index < -0.39 is 22.4 Å². The van der Waals surface area contributed by atoms with Gasteiger partial charge in [-0.15, -0.1) is 0 Å². The molecule has 0 spiro atoms. The number of rotatable bonds is 3. The van der Waals surface area contributed by atoms with E-state index in [9.17, 15) is 19.7 Å². The number of hydrogen-bond donors (Lipinski definition) is 1. The van der Waals surface area contributed by atoms with Gasteiger partial charge in [-0.2, -0.15) is 0 Å². The van der Waals surface area contributed by atoms with Crippen LogP contribution < -0.4 is 4.74 Å². The van der Waals surface area contributed by atoms with Gasteiger partial charge in [-0.05, 0) is 6.07 Å². The Labute approximate surface area is 106 Å². The molecule has 1 rings (SSSR count). The predicted molar refractivity (Wildman–Crippen MR) is 51.4 cm³/mol. The average Bonchev–Trinajstić information content (AvgIpc) is 2.16. The van der Waals surface area contributed by atoms with Crippen molar-refractivity contribution in [3.8, 4) is 5.75 Å². The molecule has 8 heteroatoms. The number of esters is 1. The van der Waals surface area contributed by atoms with Crippen molar-refractivity contribution in [3.05, 3.63) is 33.9 Å². The number of nitrogens with zero attached hydrogens (tertiary/aromatic N) is 1. The van der Waals surface area contributed by atoms with Gasteiger partial charge in [-0.25, -0.2) is 4.79 Å². The van der Waals surface area contributed by atoms with Crippen LogP contribution in [0.5, 0.6) is 5.75 Å². The number of carboxylic acid groups (broad SMARTS) is 1. The molecule has 0 atom stereocenters. The Morgan fingerprint density at radius 1 is 1.41 bits per heavy atom. The van der Waals surface area contributed by atoms with E-state index in [-0.39, 0.29) is 28.5 Å². The van der Waals surface area contributed by atoms with E-state index in [4.69, 9.17) is 5.11 Å². The van der Waals surface area contributed by atoms with Crippen LogP contribution in [0, 0.1) is 10.1 Å². The minimum absolute atomic E-state index is 0. The number of carbonyl (C=O) groups is 2. The molecule has 0 saturated carbocycles. The van der Waals surface area contributed by atoms with E-state index >= 15 is 0 Å². The fraction of sp³-hybridized carbons (Fsp3) is 0.111. The molecule has 7 nitrogen and oxygen atoms in total. The third-order valence-electron chi connectivity index (χ3n) is 1.66. The molecule has 0 unspecified atom stereocenters. The summed E-state index contributed by atoms with van der Waals surface area (Å²) in [6.07, 6.45) is 0. The molecular formula is C9H7CuNO6. The van der Waals surface area contributed by atoms with Gasteiger partial charge >= 0.3 is 11.9 Å². The summed E-state index contributed by atoms with van der Waals surface area (Å²) >= 11 is 0. The van der Waals surface area contributed by atoms with E-state index in [1.54, 1.807) is 0 Å². The normalized spacial score (nSPS) is 9.00. The van der Waals surface area contributed by atoms with Crippen LogP contribution >= 0.6 is 0 Å². The molecule has 0 aliphatic heterocycles. The summed E-state index contributed by atoms with van der Waals surface area (Å²) in [7, 11) is 0. The molecule has 95 valence electrons. The van der Waals surface area contributed by atoms with Crippen LogP contribution in [0.2, 0.25) is 0 Å².